The summed E-state index contributed by atoms with van der Waals surface area (Å²) in [5.41, 5.74) is -1.06. The molecule has 0 unspecified atom stereocenters. The van der Waals surface area contributed by atoms with Gasteiger partial charge in [-0.15, -0.1) is 0 Å². The Hall–Kier alpha value is -3.73. The summed E-state index contributed by atoms with van der Waals surface area (Å²) >= 11 is 0. The molecule has 32 heavy (non-hydrogen) atoms. The van der Waals surface area contributed by atoms with Crippen LogP contribution in [0.25, 0.3) is 0 Å². The molecule has 0 radical (unpaired) electrons. The maximum absolute atomic E-state index is 13.1. The highest BCUT2D eigenvalue weighted by Gasteiger charge is 2.58. The largest absolute Gasteiger partial charge is 0.479 e. The molecule has 0 saturated carbocycles. The summed E-state index contributed by atoms with van der Waals surface area (Å²) in [6, 6.07) is 27.4. The van der Waals surface area contributed by atoms with Gasteiger partial charge in [0.25, 0.3) is 0 Å². The van der Waals surface area contributed by atoms with Gasteiger partial charge in [-0.1, -0.05) is 91.0 Å². The van der Waals surface area contributed by atoms with Gasteiger partial charge in [0.15, 0.2) is 5.54 Å². The fourth-order valence-electron chi connectivity index (χ4n) is 3.80. The third-order valence-electron chi connectivity index (χ3n) is 5.57. The number of hydrogen-bond acceptors (Lipinski definition) is 4. The minimum Gasteiger partial charge on any atom is -0.479 e. The molecule has 0 aliphatic carbocycles. The maximum Gasteiger partial charge on any atom is 0.337 e. The van der Waals surface area contributed by atoms with Gasteiger partial charge in [0.2, 0.25) is 0 Å². The minimum absolute atomic E-state index is 0.140. The van der Waals surface area contributed by atoms with Gasteiger partial charge >= 0.3 is 11.9 Å². The number of carbonyl (C=O) groups is 2. The van der Waals surface area contributed by atoms with Gasteiger partial charge in [0.05, 0.1) is 12.3 Å². The summed E-state index contributed by atoms with van der Waals surface area (Å²) in [5.74, 6) is -1.86. The van der Waals surface area contributed by atoms with Crippen LogP contribution in [0.5, 0.6) is 0 Å². The van der Waals surface area contributed by atoms with Crippen molar-refractivity contribution in [3.8, 4) is 0 Å². The van der Waals surface area contributed by atoms with E-state index in [0.29, 0.717) is 11.3 Å². The average molecular weight is 430 g/mol. The number of nitrogens with zero attached hydrogens (tertiary/aromatic N) is 1. The van der Waals surface area contributed by atoms with Crippen molar-refractivity contribution >= 4 is 17.7 Å². The molecule has 0 aromatic heterocycles. The molecule has 0 amide bonds. The molecule has 0 aliphatic rings. The Kier molecular flexibility index (Phi) is 6.89. The van der Waals surface area contributed by atoms with E-state index in [9.17, 15) is 14.7 Å². The van der Waals surface area contributed by atoms with Crippen LogP contribution < -0.4 is 0 Å². The first-order valence-corrected chi connectivity index (χ1v) is 10.5. The zero-order chi connectivity index (χ0) is 23.2. The van der Waals surface area contributed by atoms with Crippen molar-refractivity contribution in [1.29, 1.82) is 0 Å². The van der Waals surface area contributed by atoms with Crippen molar-refractivity contribution in [3.63, 3.8) is 0 Å². The van der Waals surface area contributed by atoms with Gasteiger partial charge in [0, 0.05) is 11.1 Å². The number of rotatable bonds is 8. The van der Waals surface area contributed by atoms with Crippen molar-refractivity contribution in [2.45, 2.75) is 26.3 Å². The molecule has 5 heteroatoms. The van der Waals surface area contributed by atoms with Gasteiger partial charge in [-0.3, -0.25) is 9.79 Å². The summed E-state index contributed by atoms with van der Waals surface area (Å²) < 4.78 is 5.31. The lowest BCUT2D eigenvalue weighted by Gasteiger charge is -2.39. The average Bonchev–Trinajstić information content (AvgIpc) is 2.81. The Morgan fingerprint density at radius 1 is 0.812 bits per heavy atom. The molecule has 0 fully saturated rings. The number of esters is 1. The number of benzene rings is 3. The number of hydrogen-bond donors (Lipinski definition) is 1. The van der Waals surface area contributed by atoms with E-state index in [1.54, 1.807) is 51.1 Å². The van der Waals surface area contributed by atoms with E-state index in [1.165, 1.54) is 0 Å². The number of aliphatic carboxylic acids is 1. The van der Waals surface area contributed by atoms with Crippen LogP contribution in [0.4, 0.5) is 0 Å². The van der Waals surface area contributed by atoms with Gasteiger partial charge in [-0.2, -0.15) is 0 Å². The van der Waals surface area contributed by atoms with Gasteiger partial charge in [-0.05, 0) is 26.3 Å². The third-order valence-corrected chi connectivity index (χ3v) is 5.57. The smallest absolute Gasteiger partial charge is 0.337 e. The van der Waals surface area contributed by atoms with Crippen LogP contribution in [0.3, 0.4) is 0 Å². The molecular weight excluding hydrogens is 402 g/mol. The van der Waals surface area contributed by atoms with Crippen molar-refractivity contribution in [3.05, 3.63) is 108 Å². The minimum atomic E-state index is -1.93. The Morgan fingerprint density at radius 3 is 1.66 bits per heavy atom. The molecule has 3 aromatic rings. The lowest BCUT2D eigenvalue weighted by Crippen LogP contribution is -2.52. The predicted octanol–water partition coefficient (Wildman–Crippen LogP) is 5.09. The van der Waals surface area contributed by atoms with E-state index in [-0.39, 0.29) is 6.61 Å². The van der Waals surface area contributed by atoms with Crippen molar-refractivity contribution < 1.29 is 19.4 Å². The van der Waals surface area contributed by atoms with E-state index in [2.05, 4.69) is 0 Å². The van der Waals surface area contributed by atoms with Crippen molar-refractivity contribution in [2.24, 2.45) is 10.4 Å². The second kappa shape index (κ2) is 9.60. The lowest BCUT2D eigenvalue weighted by molar-refractivity contribution is -0.167. The van der Waals surface area contributed by atoms with E-state index >= 15 is 0 Å². The van der Waals surface area contributed by atoms with Crippen LogP contribution in [0, 0.1) is 5.41 Å². The molecule has 5 nitrogen and oxygen atoms in total. The van der Waals surface area contributed by atoms with E-state index in [1.807, 2.05) is 60.7 Å². The molecule has 0 bridgehead atoms. The SMILES string of the molecule is CCOC(=O)C(C)(C)[C@](N=C(c1ccccc1)c1ccccc1)(C(=O)O)c1ccccc1. The Labute approximate surface area is 188 Å². The molecule has 3 aromatic carbocycles. The summed E-state index contributed by atoms with van der Waals surface area (Å²) in [4.78, 5) is 31.1. The zero-order valence-electron chi connectivity index (χ0n) is 18.5. The number of carbonyl (C=O) groups excluding carboxylic acids is 1. The fraction of sp³-hybridized carbons (Fsp3) is 0.222. The first-order chi connectivity index (χ1) is 15.3. The molecule has 3 rings (SSSR count). The van der Waals surface area contributed by atoms with Gasteiger partial charge in [-0.25, -0.2) is 4.79 Å². The van der Waals surface area contributed by atoms with E-state index in [0.717, 1.165) is 11.1 Å². The predicted molar refractivity (Wildman–Crippen MR) is 125 cm³/mol. The number of carboxylic acids is 1. The molecule has 0 heterocycles. The highest BCUT2D eigenvalue weighted by Crippen LogP contribution is 2.45. The number of ether oxygens (including phenoxy) is 1. The van der Waals surface area contributed by atoms with Crippen LogP contribution in [0.2, 0.25) is 0 Å². The molecule has 164 valence electrons. The normalized spacial score (nSPS) is 13.0. The zero-order valence-corrected chi connectivity index (χ0v) is 18.5. The van der Waals surface area contributed by atoms with E-state index < -0.39 is 22.9 Å². The first-order valence-electron chi connectivity index (χ1n) is 10.5. The summed E-state index contributed by atoms with van der Waals surface area (Å²) in [6.07, 6.45) is 0. The molecular formula is C27H27NO4. The second-order valence-electron chi connectivity index (χ2n) is 7.92. The fourth-order valence-corrected chi connectivity index (χ4v) is 3.80. The Morgan fingerprint density at radius 2 is 1.25 bits per heavy atom. The van der Waals surface area contributed by atoms with Crippen LogP contribution in [0.15, 0.2) is 96.0 Å². The van der Waals surface area contributed by atoms with Crippen LogP contribution in [-0.2, 0) is 19.9 Å². The summed E-state index contributed by atoms with van der Waals surface area (Å²) in [5, 5.41) is 10.7. The Balaban J connectivity index is 2.41. The first kappa shape index (κ1) is 22.9. The molecule has 1 atom stereocenters. The summed E-state index contributed by atoms with van der Waals surface area (Å²) in [7, 11) is 0. The quantitative estimate of drug-likeness (QED) is 0.400. The molecule has 0 spiro atoms. The monoisotopic (exact) mass is 429 g/mol. The van der Waals surface area contributed by atoms with Crippen LogP contribution >= 0.6 is 0 Å². The topological polar surface area (TPSA) is 76.0 Å². The Bertz CT molecular complexity index is 1050. The van der Waals surface area contributed by atoms with Gasteiger partial charge in [0.1, 0.15) is 5.41 Å². The van der Waals surface area contributed by atoms with Gasteiger partial charge < -0.3 is 9.84 Å². The number of aliphatic imine (C=N–C) groups is 1. The van der Waals surface area contributed by atoms with E-state index in [4.69, 9.17) is 9.73 Å². The van der Waals surface area contributed by atoms with Crippen molar-refractivity contribution in [2.75, 3.05) is 6.61 Å². The number of carboxylic acid groups (broad SMARTS) is 1. The maximum atomic E-state index is 13.1. The lowest BCUT2D eigenvalue weighted by atomic mass is 9.68. The molecule has 1 N–H and O–H groups in total. The molecule has 0 saturated heterocycles. The highest BCUT2D eigenvalue weighted by atomic mass is 16.5. The highest BCUT2D eigenvalue weighted by molar-refractivity contribution is 6.14. The van der Waals surface area contributed by atoms with Crippen molar-refractivity contribution in [1.82, 2.24) is 0 Å². The van der Waals surface area contributed by atoms with Crippen LogP contribution in [-0.4, -0.2) is 29.4 Å². The standard InChI is InChI=1S/C27H27NO4/c1-4-32-25(31)26(2,3)27(24(29)30,22-18-12-7-13-19-22)28-23(20-14-8-5-9-15-20)21-16-10-6-11-17-21/h5-19H,4H2,1-3H3,(H,29,30)/t27-/m1/s1. The second-order valence-corrected chi connectivity index (χ2v) is 7.92. The summed E-state index contributed by atoms with van der Waals surface area (Å²) in [6.45, 7) is 4.98. The third kappa shape index (κ3) is 4.19. The van der Waals surface area contributed by atoms with Crippen LogP contribution in [0.1, 0.15) is 37.5 Å². The molecule has 0 aliphatic heterocycles.